The number of pyridine rings is 1. The monoisotopic (exact) mass is 550 g/mol. The number of halogens is 2. The van der Waals surface area contributed by atoms with Gasteiger partial charge in [0.25, 0.3) is 0 Å². The van der Waals surface area contributed by atoms with Gasteiger partial charge in [-0.2, -0.15) is 0 Å². The first kappa shape index (κ1) is 30.9. The number of piperidine rings is 1. The summed E-state index contributed by atoms with van der Waals surface area (Å²) in [7, 11) is 0. The third kappa shape index (κ3) is 7.37. The molecule has 1 aromatic carbocycles. The van der Waals surface area contributed by atoms with Crippen LogP contribution in [0.2, 0.25) is 0 Å². The van der Waals surface area contributed by atoms with Gasteiger partial charge in [0.2, 0.25) is 17.7 Å². The molecule has 2 saturated heterocycles. The first-order chi connectivity index (χ1) is 16.9. The van der Waals surface area contributed by atoms with Crippen LogP contribution >= 0.6 is 24.8 Å². The molecule has 2 fully saturated rings. The number of nitrogens with zero attached hydrogens (tertiary/aromatic N) is 3. The van der Waals surface area contributed by atoms with Crippen molar-refractivity contribution in [3.63, 3.8) is 0 Å². The Morgan fingerprint density at radius 1 is 1.08 bits per heavy atom. The number of nitrogens with one attached hydrogen (secondary N) is 1. The number of ether oxygens (including phenoxy) is 1. The number of amides is 2. The van der Waals surface area contributed by atoms with Crippen LogP contribution in [0.5, 0.6) is 11.6 Å². The van der Waals surface area contributed by atoms with Crippen LogP contribution in [0.3, 0.4) is 0 Å². The Labute approximate surface area is 233 Å². The van der Waals surface area contributed by atoms with Gasteiger partial charge in [-0.25, -0.2) is 4.98 Å². The summed E-state index contributed by atoms with van der Waals surface area (Å²) in [6.45, 7) is 9.25. The maximum atomic E-state index is 13.4. The standard InChI is InChI=1S/C28H38N4O3.2ClH/c1-4-5-15-32-26(33)24(18-21(2)3)30-27(34)28(32)13-16-31(17-14-28)20-22-11-12-25(29-19-22)35-23-9-7-6-8-10-23;;/h6-12,19,21,24H,4-5,13-18,20H2,1-3H3,(H,30,34);2*1H. The van der Waals surface area contributed by atoms with Gasteiger partial charge in [-0.05, 0) is 49.3 Å². The van der Waals surface area contributed by atoms with E-state index in [-0.39, 0.29) is 36.6 Å². The van der Waals surface area contributed by atoms with Crippen molar-refractivity contribution in [2.24, 2.45) is 5.92 Å². The minimum atomic E-state index is -0.720. The molecule has 1 aromatic heterocycles. The number of carbonyl (C=O) groups is 2. The minimum Gasteiger partial charge on any atom is -0.439 e. The Bertz CT molecular complexity index is 996. The number of benzene rings is 1. The normalized spacial score (nSPS) is 19.2. The molecule has 2 aliphatic rings. The number of likely N-dealkylation sites (tertiary alicyclic amines) is 1. The molecule has 1 spiro atoms. The highest BCUT2D eigenvalue weighted by molar-refractivity contribution is 6.00. The summed E-state index contributed by atoms with van der Waals surface area (Å²) in [4.78, 5) is 35.5. The maximum absolute atomic E-state index is 13.4. The Morgan fingerprint density at radius 2 is 1.78 bits per heavy atom. The lowest BCUT2D eigenvalue weighted by molar-refractivity contribution is -0.161. The molecule has 204 valence electrons. The highest BCUT2D eigenvalue weighted by atomic mass is 35.5. The number of aromatic nitrogens is 1. The van der Waals surface area contributed by atoms with Gasteiger partial charge in [-0.15, -0.1) is 24.8 Å². The molecule has 4 rings (SSSR count). The van der Waals surface area contributed by atoms with Crippen molar-refractivity contribution in [3.8, 4) is 11.6 Å². The fourth-order valence-electron chi connectivity index (χ4n) is 5.16. The van der Waals surface area contributed by atoms with E-state index in [1.807, 2.05) is 53.6 Å². The van der Waals surface area contributed by atoms with Crippen molar-refractivity contribution in [3.05, 3.63) is 54.2 Å². The molecule has 0 bridgehead atoms. The quantitative estimate of drug-likeness (QED) is 0.462. The van der Waals surface area contributed by atoms with Crippen LogP contribution in [0.1, 0.15) is 58.4 Å². The molecule has 0 radical (unpaired) electrons. The fraction of sp³-hybridized carbons (Fsp3) is 0.536. The summed E-state index contributed by atoms with van der Waals surface area (Å²) >= 11 is 0. The first-order valence-electron chi connectivity index (χ1n) is 12.9. The Balaban J connectivity index is 0.00000241. The lowest BCUT2D eigenvalue weighted by atomic mass is 9.80. The summed E-state index contributed by atoms with van der Waals surface area (Å²) in [5.74, 6) is 1.81. The molecule has 1 unspecified atom stereocenters. The number of rotatable bonds is 9. The van der Waals surface area contributed by atoms with Gasteiger partial charge in [0.1, 0.15) is 17.3 Å². The number of para-hydroxylation sites is 1. The summed E-state index contributed by atoms with van der Waals surface area (Å²) in [5, 5.41) is 3.08. The predicted molar refractivity (Wildman–Crippen MR) is 150 cm³/mol. The molecule has 2 aromatic rings. The van der Waals surface area contributed by atoms with Crippen molar-refractivity contribution >= 4 is 36.6 Å². The SMILES string of the molecule is CCCCN1C(=O)C(CC(C)C)NC(=O)C12CCN(Cc1ccc(Oc3ccccc3)nc1)CC2.Cl.Cl. The number of hydrogen-bond acceptors (Lipinski definition) is 5. The predicted octanol–water partition coefficient (Wildman–Crippen LogP) is 5.23. The Kier molecular flexibility index (Phi) is 11.7. The van der Waals surface area contributed by atoms with E-state index < -0.39 is 11.6 Å². The van der Waals surface area contributed by atoms with Crippen molar-refractivity contribution < 1.29 is 14.3 Å². The maximum Gasteiger partial charge on any atom is 0.246 e. The molecular weight excluding hydrogens is 511 g/mol. The molecule has 0 saturated carbocycles. The second kappa shape index (κ2) is 14.0. The molecule has 0 aliphatic carbocycles. The molecule has 7 nitrogen and oxygen atoms in total. The van der Waals surface area contributed by atoms with E-state index >= 15 is 0 Å². The zero-order valence-electron chi connectivity index (χ0n) is 22.0. The van der Waals surface area contributed by atoms with E-state index in [2.05, 4.69) is 36.0 Å². The van der Waals surface area contributed by atoms with Crippen LogP contribution in [0.15, 0.2) is 48.7 Å². The van der Waals surface area contributed by atoms with Crippen LogP contribution in [0.4, 0.5) is 0 Å². The number of hydrogen-bond donors (Lipinski definition) is 1. The second-order valence-corrected chi connectivity index (χ2v) is 10.2. The van der Waals surface area contributed by atoms with E-state index in [0.29, 0.717) is 37.6 Å². The van der Waals surface area contributed by atoms with Crippen molar-refractivity contribution in [1.82, 2.24) is 20.1 Å². The Hall–Kier alpha value is -2.35. The summed E-state index contributed by atoms with van der Waals surface area (Å²) in [6.07, 6.45) is 5.77. The average Bonchev–Trinajstić information content (AvgIpc) is 2.85. The summed E-state index contributed by atoms with van der Waals surface area (Å²) in [6, 6.07) is 13.2. The molecular formula is C28H40Cl2N4O3. The van der Waals surface area contributed by atoms with Crippen molar-refractivity contribution in [2.45, 2.75) is 71.0 Å². The Morgan fingerprint density at radius 3 is 2.38 bits per heavy atom. The number of unbranched alkanes of at least 4 members (excludes halogenated alkanes) is 1. The topological polar surface area (TPSA) is 74.8 Å². The van der Waals surface area contributed by atoms with E-state index in [4.69, 9.17) is 4.74 Å². The zero-order chi connectivity index (χ0) is 24.8. The van der Waals surface area contributed by atoms with Gasteiger partial charge in [0.05, 0.1) is 0 Å². The molecule has 2 amide bonds. The van der Waals surface area contributed by atoms with Crippen LogP contribution in [0.25, 0.3) is 0 Å². The largest absolute Gasteiger partial charge is 0.439 e. The van der Waals surface area contributed by atoms with Crippen LogP contribution in [-0.4, -0.2) is 57.8 Å². The highest BCUT2D eigenvalue weighted by Crippen LogP contribution is 2.34. The third-order valence-electron chi connectivity index (χ3n) is 7.10. The highest BCUT2D eigenvalue weighted by Gasteiger charge is 2.53. The smallest absolute Gasteiger partial charge is 0.246 e. The number of piperazine rings is 1. The average molecular weight is 552 g/mol. The first-order valence-corrected chi connectivity index (χ1v) is 12.9. The lowest BCUT2D eigenvalue weighted by Gasteiger charge is -2.52. The summed E-state index contributed by atoms with van der Waals surface area (Å²) in [5.41, 5.74) is 0.382. The molecule has 9 heteroatoms. The van der Waals surface area contributed by atoms with Crippen molar-refractivity contribution in [1.29, 1.82) is 0 Å². The van der Waals surface area contributed by atoms with Gasteiger partial charge in [0, 0.05) is 38.4 Å². The van der Waals surface area contributed by atoms with Crippen LogP contribution in [0, 0.1) is 5.92 Å². The van der Waals surface area contributed by atoms with E-state index in [1.54, 1.807) is 0 Å². The molecule has 1 N–H and O–H groups in total. The van der Waals surface area contributed by atoms with Gasteiger partial charge >= 0.3 is 0 Å². The van der Waals surface area contributed by atoms with Gasteiger partial charge in [-0.3, -0.25) is 14.5 Å². The fourth-order valence-corrected chi connectivity index (χ4v) is 5.16. The van der Waals surface area contributed by atoms with Gasteiger partial charge in [-0.1, -0.05) is 51.5 Å². The van der Waals surface area contributed by atoms with E-state index in [9.17, 15) is 9.59 Å². The van der Waals surface area contributed by atoms with Crippen LogP contribution in [-0.2, 0) is 16.1 Å². The minimum absolute atomic E-state index is 0. The van der Waals surface area contributed by atoms with E-state index in [1.165, 1.54) is 0 Å². The van der Waals surface area contributed by atoms with Gasteiger partial charge < -0.3 is 15.0 Å². The van der Waals surface area contributed by atoms with Crippen LogP contribution < -0.4 is 10.1 Å². The van der Waals surface area contributed by atoms with E-state index in [0.717, 1.165) is 43.8 Å². The third-order valence-corrected chi connectivity index (χ3v) is 7.10. The van der Waals surface area contributed by atoms with Crippen molar-refractivity contribution in [2.75, 3.05) is 19.6 Å². The molecule has 2 aliphatic heterocycles. The lowest BCUT2D eigenvalue weighted by Crippen LogP contribution is -2.73. The molecule has 37 heavy (non-hydrogen) atoms. The summed E-state index contributed by atoms with van der Waals surface area (Å²) < 4.78 is 5.79. The zero-order valence-corrected chi connectivity index (χ0v) is 23.7. The molecule has 1 atom stereocenters. The second-order valence-electron chi connectivity index (χ2n) is 10.2. The van der Waals surface area contributed by atoms with Gasteiger partial charge in [0.15, 0.2) is 0 Å². The number of carbonyl (C=O) groups excluding carboxylic acids is 2. The molecule has 3 heterocycles.